The maximum atomic E-state index is 13.4. The molecule has 0 N–H and O–H groups in total. The summed E-state index contributed by atoms with van der Waals surface area (Å²) in [6, 6.07) is 18.1. The van der Waals surface area contributed by atoms with Crippen LogP contribution in [0.15, 0.2) is 71.8 Å². The van der Waals surface area contributed by atoms with Crippen LogP contribution in [0.25, 0.3) is 10.2 Å². The summed E-state index contributed by atoms with van der Waals surface area (Å²) in [6.07, 6.45) is 1.46. The molecule has 0 fully saturated rings. The number of hydrazone groups is 1. The molecule has 0 saturated carbocycles. The lowest BCUT2D eigenvalue weighted by Gasteiger charge is -2.14. The summed E-state index contributed by atoms with van der Waals surface area (Å²) in [4.78, 5) is 28.4. The highest BCUT2D eigenvalue weighted by Crippen LogP contribution is 2.32. The summed E-state index contributed by atoms with van der Waals surface area (Å²) >= 11 is 1.30. The maximum absolute atomic E-state index is 13.4. The minimum atomic E-state index is -0.474. The number of hydrogen-bond donors (Lipinski definition) is 0. The van der Waals surface area contributed by atoms with E-state index in [0.717, 1.165) is 4.70 Å². The van der Waals surface area contributed by atoms with Crippen molar-refractivity contribution in [1.82, 2.24) is 4.98 Å². The highest BCUT2D eigenvalue weighted by Gasteiger charge is 2.21. The topological polar surface area (TPSA) is 107 Å². The van der Waals surface area contributed by atoms with Crippen LogP contribution >= 0.6 is 11.3 Å². The van der Waals surface area contributed by atoms with Gasteiger partial charge in [-0.3, -0.25) is 14.9 Å². The van der Waals surface area contributed by atoms with Gasteiger partial charge in [-0.15, -0.1) is 0 Å². The maximum Gasteiger partial charge on any atom is 0.280 e. The van der Waals surface area contributed by atoms with E-state index in [0.29, 0.717) is 39.9 Å². The number of thiazole rings is 1. The van der Waals surface area contributed by atoms with E-state index >= 15 is 0 Å². The van der Waals surface area contributed by atoms with Crippen molar-refractivity contribution in [3.8, 4) is 11.5 Å². The first-order valence-corrected chi connectivity index (χ1v) is 11.1. The minimum absolute atomic E-state index is 0.0282. The quantitative estimate of drug-likeness (QED) is 0.194. The number of fused-ring (bicyclic) bond motifs is 1. The molecule has 10 heteroatoms. The fraction of sp³-hybridized carbons (Fsp3) is 0.125. The summed E-state index contributed by atoms with van der Waals surface area (Å²) in [5, 5.41) is 16.9. The molecule has 34 heavy (non-hydrogen) atoms. The summed E-state index contributed by atoms with van der Waals surface area (Å²) in [5.41, 5.74) is 1.68. The van der Waals surface area contributed by atoms with E-state index in [1.54, 1.807) is 49.6 Å². The largest absolute Gasteiger partial charge is 0.497 e. The number of methoxy groups -OCH3 is 1. The van der Waals surface area contributed by atoms with Crippen LogP contribution in [0.4, 0.5) is 10.8 Å². The zero-order chi connectivity index (χ0) is 24.1. The van der Waals surface area contributed by atoms with E-state index in [4.69, 9.17) is 9.47 Å². The zero-order valence-corrected chi connectivity index (χ0v) is 19.2. The molecule has 1 aromatic heterocycles. The number of carbonyl (C=O) groups excluding carboxylic acids is 1. The number of carbonyl (C=O) groups is 1. The third-order valence-electron chi connectivity index (χ3n) is 4.80. The van der Waals surface area contributed by atoms with Gasteiger partial charge in [0.25, 0.3) is 11.6 Å². The number of rotatable bonds is 8. The van der Waals surface area contributed by atoms with Gasteiger partial charge in [0, 0.05) is 17.7 Å². The standard InChI is InChI=1S/C24H20N4O5S/c1-3-33-19-10-6-17(7-11-19)23(29)27(25-15-16-4-8-18(9-5-16)28(30)31)24-26-21-13-12-20(32-2)14-22(21)34-24/h4-15H,3H2,1-2H3/b25-15+. The summed E-state index contributed by atoms with van der Waals surface area (Å²) < 4.78 is 11.6. The summed E-state index contributed by atoms with van der Waals surface area (Å²) in [6.45, 7) is 2.41. The van der Waals surface area contributed by atoms with Crippen LogP contribution in [-0.2, 0) is 0 Å². The number of nitrogens with zero attached hydrogens (tertiary/aromatic N) is 4. The molecule has 4 rings (SSSR count). The average Bonchev–Trinajstić information content (AvgIpc) is 3.28. The van der Waals surface area contributed by atoms with E-state index in [9.17, 15) is 14.9 Å². The molecule has 3 aromatic carbocycles. The Hall–Kier alpha value is -4.31. The van der Waals surface area contributed by atoms with Gasteiger partial charge in [-0.2, -0.15) is 10.1 Å². The molecule has 4 aromatic rings. The van der Waals surface area contributed by atoms with Gasteiger partial charge >= 0.3 is 0 Å². The van der Waals surface area contributed by atoms with Crippen LogP contribution < -0.4 is 14.5 Å². The molecular weight excluding hydrogens is 456 g/mol. The van der Waals surface area contributed by atoms with Gasteiger partial charge in [0.1, 0.15) is 11.5 Å². The summed E-state index contributed by atoms with van der Waals surface area (Å²) in [7, 11) is 1.58. The number of benzene rings is 3. The molecule has 9 nitrogen and oxygen atoms in total. The van der Waals surface area contributed by atoms with Gasteiger partial charge in [0.2, 0.25) is 5.13 Å². The van der Waals surface area contributed by atoms with Crippen LogP contribution in [0, 0.1) is 10.1 Å². The van der Waals surface area contributed by atoms with Gasteiger partial charge in [-0.1, -0.05) is 11.3 Å². The predicted octanol–water partition coefficient (Wildman–Crippen LogP) is 5.29. The monoisotopic (exact) mass is 476 g/mol. The number of non-ortho nitro benzene ring substituents is 1. The molecular formula is C24H20N4O5S. The predicted molar refractivity (Wildman–Crippen MR) is 131 cm³/mol. The van der Waals surface area contributed by atoms with Crippen molar-refractivity contribution in [1.29, 1.82) is 0 Å². The van der Waals surface area contributed by atoms with Gasteiger partial charge in [0.15, 0.2) is 0 Å². The normalized spacial score (nSPS) is 11.0. The first kappa shape index (κ1) is 22.9. The van der Waals surface area contributed by atoms with Gasteiger partial charge < -0.3 is 9.47 Å². The van der Waals surface area contributed by atoms with Crippen molar-refractivity contribution in [3.05, 3.63) is 88.0 Å². The fourth-order valence-corrected chi connectivity index (χ4v) is 4.04. The Balaban J connectivity index is 1.70. The Morgan fingerprint density at radius 3 is 2.47 bits per heavy atom. The number of anilines is 1. The van der Waals surface area contributed by atoms with Crippen LogP contribution in [0.5, 0.6) is 11.5 Å². The molecule has 0 unspecified atom stereocenters. The Kier molecular flexibility index (Phi) is 6.79. The zero-order valence-electron chi connectivity index (χ0n) is 18.4. The molecule has 0 radical (unpaired) electrons. The van der Waals surface area contributed by atoms with Gasteiger partial charge in [0.05, 0.1) is 35.1 Å². The second-order valence-corrected chi connectivity index (χ2v) is 8.01. The molecule has 0 saturated heterocycles. The van der Waals surface area contributed by atoms with Crippen LogP contribution in [-0.4, -0.2) is 35.7 Å². The van der Waals surface area contributed by atoms with E-state index in [1.165, 1.54) is 34.7 Å². The Labute approximate surface area is 199 Å². The van der Waals surface area contributed by atoms with E-state index in [2.05, 4.69) is 10.1 Å². The third kappa shape index (κ3) is 5.02. The van der Waals surface area contributed by atoms with Crippen LogP contribution in [0.2, 0.25) is 0 Å². The molecule has 1 heterocycles. The second-order valence-electron chi connectivity index (χ2n) is 7.00. The van der Waals surface area contributed by atoms with E-state index < -0.39 is 4.92 Å². The smallest absolute Gasteiger partial charge is 0.280 e. The van der Waals surface area contributed by atoms with Gasteiger partial charge in [-0.25, -0.2) is 4.98 Å². The number of nitro groups is 1. The second kappa shape index (κ2) is 10.1. The first-order valence-electron chi connectivity index (χ1n) is 10.3. The van der Waals surface area contributed by atoms with Crippen molar-refractivity contribution < 1.29 is 19.2 Å². The number of amides is 1. The Morgan fingerprint density at radius 2 is 1.82 bits per heavy atom. The van der Waals surface area contributed by atoms with Crippen molar-refractivity contribution in [2.45, 2.75) is 6.92 Å². The lowest BCUT2D eigenvalue weighted by molar-refractivity contribution is -0.384. The molecule has 0 aliphatic rings. The lowest BCUT2D eigenvalue weighted by Crippen LogP contribution is -2.25. The number of ether oxygens (including phenoxy) is 2. The number of hydrogen-bond acceptors (Lipinski definition) is 8. The highest BCUT2D eigenvalue weighted by atomic mass is 32.1. The lowest BCUT2D eigenvalue weighted by atomic mass is 10.2. The van der Waals surface area contributed by atoms with Crippen LogP contribution in [0.3, 0.4) is 0 Å². The molecule has 172 valence electrons. The third-order valence-corrected chi connectivity index (χ3v) is 5.79. The summed E-state index contributed by atoms with van der Waals surface area (Å²) in [5.74, 6) is 0.959. The average molecular weight is 477 g/mol. The Bertz CT molecular complexity index is 1350. The molecule has 1 amide bonds. The van der Waals surface area contributed by atoms with Crippen molar-refractivity contribution in [3.63, 3.8) is 0 Å². The SMILES string of the molecule is CCOc1ccc(C(=O)N(/N=C/c2ccc([N+](=O)[O-])cc2)c2nc3ccc(OC)cc3s2)cc1. The van der Waals surface area contributed by atoms with E-state index in [-0.39, 0.29) is 11.6 Å². The van der Waals surface area contributed by atoms with Crippen LogP contribution in [0.1, 0.15) is 22.8 Å². The van der Waals surface area contributed by atoms with E-state index in [1.807, 2.05) is 19.1 Å². The number of nitro benzene ring substituents is 1. The molecule has 0 aliphatic heterocycles. The highest BCUT2D eigenvalue weighted by molar-refractivity contribution is 7.22. The van der Waals surface area contributed by atoms with Crippen molar-refractivity contribution in [2.24, 2.45) is 5.10 Å². The number of aromatic nitrogens is 1. The molecule has 0 spiro atoms. The molecule has 0 bridgehead atoms. The first-order chi connectivity index (χ1) is 16.5. The van der Waals surface area contributed by atoms with Crippen molar-refractivity contribution in [2.75, 3.05) is 18.7 Å². The molecule has 0 aliphatic carbocycles. The fourth-order valence-electron chi connectivity index (χ4n) is 3.09. The van der Waals surface area contributed by atoms with Crippen molar-refractivity contribution >= 4 is 44.5 Å². The van der Waals surface area contributed by atoms with Gasteiger partial charge in [-0.05, 0) is 67.1 Å². The minimum Gasteiger partial charge on any atom is -0.497 e. The Morgan fingerprint density at radius 1 is 1.12 bits per heavy atom. The molecule has 0 atom stereocenters.